The minimum Gasteiger partial charge on any atom is -0.490 e. The maximum atomic E-state index is 12.7. The molecular formula is C17H25N3O3. The zero-order chi connectivity index (χ0) is 17.0. The molecule has 0 saturated heterocycles. The summed E-state index contributed by atoms with van der Waals surface area (Å²) in [6, 6.07) is 5.11. The fourth-order valence-corrected chi connectivity index (χ4v) is 2.51. The van der Waals surface area contributed by atoms with Gasteiger partial charge < -0.3 is 20.3 Å². The van der Waals surface area contributed by atoms with Gasteiger partial charge in [0.1, 0.15) is 12.4 Å². The number of fused-ring (bicyclic) bond motifs is 1. The lowest BCUT2D eigenvalue weighted by molar-refractivity contribution is -0.127. The van der Waals surface area contributed by atoms with Crippen LogP contribution in [0, 0.1) is 5.41 Å². The number of carbonyl (C=O) groups excluding carboxylic acids is 2. The fourth-order valence-electron chi connectivity index (χ4n) is 2.51. The van der Waals surface area contributed by atoms with Gasteiger partial charge >= 0.3 is 6.03 Å². The highest BCUT2D eigenvalue weighted by Gasteiger charge is 2.37. The molecule has 0 aromatic heterocycles. The van der Waals surface area contributed by atoms with Crippen LogP contribution in [-0.2, 0) is 4.79 Å². The van der Waals surface area contributed by atoms with Gasteiger partial charge in [-0.1, -0.05) is 6.92 Å². The molecule has 126 valence electrons. The molecule has 1 aromatic rings. The average molecular weight is 319 g/mol. The van der Waals surface area contributed by atoms with Crippen LogP contribution in [0.1, 0.15) is 34.1 Å². The third kappa shape index (κ3) is 3.75. The maximum Gasteiger partial charge on any atom is 0.319 e. The lowest BCUT2D eigenvalue weighted by Gasteiger charge is -2.27. The van der Waals surface area contributed by atoms with Gasteiger partial charge in [-0.3, -0.25) is 4.79 Å². The number of benzene rings is 1. The quantitative estimate of drug-likeness (QED) is 0.896. The summed E-state index contributed by atoms with van der Waals surface area (Å²) in [5.74, 6) is 0.675. The third-order valence-corrected chi connectivity index (χ3v) is 3.71. The van der Waals surface area contributed by atoms with Gasteiger partial charge in [-0.05, 0) is 39.3 Å². The van der Waals surface area contributed by atoms with Crippen LogP contribution < -0.4 is 20.3 Å². The van der Waals surface area contributed by atoms with Crippen molar-refractivity contribution in [3.05, 3.63) is 18.2 Å². The van der Waals surface area contributed by atoms with Crippen LogP contribution >= 0.6 is 0 Å². The minimum atomic E-state index is -0.582. The van der Waals surface area contributed by atoms with Gasteiger partial charge in [0.05, 0.1) is 11.1 Å². The lowest BCUT2D eigenvalue weighted by Crippen LogP contribution is -2.42. The first kappa shape index (κ1) is 17.1. The Bertz CT molecular complexity index is 599. The van der Waals surface area contributed by atoms with Crippen molar-refractivity contribution in [2.24, 2.45) is 5.41 Å². The number of hydrogen-bond donors (Lipinski definition) is 2. The van der Waals surface area contributed by atoms with Crippen molar-refractivity contribution in [1.82, 2.24) is 5.32 Å². The molecule has 2 rings (SSSR count). The Kier molecular flexibility index (Phi) is 5.13. The van der Waals surface area contributed by atoms with Crippen LogP contribution in [0.5, 0.6) is 5.75 Å². The summed E-state index contributed by atoms with van der Waals surface area (Å²) in [6.07, 6.45) is 0.861. The van der Waals surface area contributed by atoms with Gasteiger partial charge in [-0.25, -0.2) is 4.79 Å². The predicted molar refractivity (Wildman–Crippen MR) is 91.1 cm³/mol. The van der Waals surface area contributed by atoms with E-state index in [1.165, 1.54) is 0 Å². The fraction of sp³-hybridized carbons (Fsp3) is 0.529. The summed E-state index contributed by atoms with van der Waals surface area (Å²) < 4.78 is 5.86. The Labute approximate surface area is 137 Å². The molecule has 2 N–H and O–H groups in total. The third-order valence-electron chi connectivity index (χ3n) is 3.71. The molecule has 1 aromatic carbocycles. The van der Waals surface area contributed by atoms with E-state index in [-0.39, 0.29) is 11.9 Å². The highest BCUT2D eigenvalue weighted by molar-refractivity contribution is 6.00. The first-order chi connectivity index (χ1) is 10.9. The van der Waals surface area contributed by atoms with Crippen molar-refractivity contribution in [1.29, 1.82) is 0 Å². The highest BCUT2D eigenvalue weighted by Crippen LogP contribution is 2.38. The van der Waals surface area contributed by atoms with Crippen LogP contribution in [0.3, 0.4) is 0 Å². The lowest BCUT2D eigenvalue weighted by atomic mass is 9.93. The highest BCUT2D eigenvalue weighted by atomic mass is 16.5. The number of urea groups is 1. The number of rotatable bonds is 4. The number of carbonyl (C=O) groups is 2. The molecule has 1 aliphatic rings. The summed E-state index contributed by atoms with van der Waals surface area (Å²) in [4.78, 5) is 26.2. The topological polar surface area (TPSA) is 70.7 Å². The van der Waals surface area contributed by atoms with E-state index in [1.54, 1.807) is 17.0 Å². The average Bonchev–Trinajstić information content (AvgIpc) is 2.58. The molecule has 1 heterocycles. The zero-order valence-corrected chi connectivity index (χ0v) is 14.2. The Morgan fingerprint density at radius 3 is 2.74 bits per heavy atom. The molecule has 6 nitrogen and oxygen atoms in total. The second kappa shape index (κ2) is 6.89. The van der Waals surface area contributed by atoms with E-state index >= 15 is 0 Å². The summed E-state index contributed by atoms with van der Waals surface area (Å²) in [6.45, 7) is 9.17. The molecule has 0 atom stereocenters. The maximum absolute atomic E-state index is 12.7. The molecule has 0 unspecified atom stereocenters. The monoisotopic (exact) mass is 319 g/mol. The van der Waals surface area contributed by atoms with Crippen molar-refractivity contribution < 1.29 is 14.3 Å². The Hall–Kier alpha value is -2.24. The van der Waals surface area contributed by atoms with Crippen molar-refractivity contribution in [2.75, 3.05) is 29.9 Å². The van der Waals surface area contributed by atoms with Crippen LogP contribution in [-0.4, -0.2) is 31.6 Å². The second-order valence-electron chi connectivity index (χ2n) is 6.30. The molecule has 0 radical (unpaired) electrons. The Morgan fingerprint density at radius 1 is 1.35 bits per heavy atom. The SMILES string of the molecule is CCCN1C(=O)C(C)(C)COc2cc(NC(=O)NCC)ccc21. The number of hydrogen-bond acceptors (Lipinski definition) is 3. The normalized spacial score (nSPS) is 16.2. The predicted octanol–water partition coefficient (Wildman–Crippen LogP) is 2.99. The summed E-state index contributed by atoms with van der Waals surface area (Å²) in [5, 5.41) is 5.44. The van der Waals surface area contributed by atoms with E-state index in [9.17, 15) is 9.59 Å². The zero-order valence-electron chi connectivity index (χ0n) is 14.2. The number of ether oxygens (including phenoxy) is 1. The minimum absolute atomic E-state index is 0.0579. The molecule has 6 heteroatoms. The molecule has 3 amide bonds. The van der Waals surface area contributed by atoms with Crippen LogP contribution in [0.25, 0.3) is 0 Å². The van der Waals surface area contributed by atoms with E-state index in [2.05, 4.69) is 10.6 Å². The first-order valence-corrected chi connectivity index (χ1v) is 8.02. The van der Waals surface area contributed by atoms with Crippen molar-refractivity contribution >= 4 is 23.3 Å². The molecule has 1 aliphatic heterocycles. The van der Waals surface area contributed by atoms with Crippen LogP contribution in [0.15, 0.2) is 18.2 Å². The van der Waals surface area contributed by atoms with E-state index < -0.39 is 5.41 Å². The molecule has 0 spiro atoms. The smallest absolute Gasteiger partial charge is 0.319 e. The molecule has 0 bridgehead atoms. The van der Waals surface area contributed by atoms with Gasteiger partial charge in [0.15, 0.2) is 0 Å². The van der Waals surface area contributed by atoms with Gasteiger partial charge in [0, 0.05) is 24.8 Å². The van der Waals surface area contributed by atoms with Crippen molar-refractivity contribution in [3.8, 4) is 5.75 Å². The standard InChI is InChI=1S/C17H25N3O3/c1-5-9-20-13-8-7-12(19-16(22)18-6-2)10-14(13)23-11-17(3,4)15(20)21/h7-8,10H,5-6,9,11H2,1-4H3,(H2,18,19,22). The number of anilines is 2. The first-order valence-electron chi connectivity index (χ1n) is 8.02. The summed E-state index contributed by atoms with van der Waals surface area (Å²) in [7, 11) is 0. The molecule has 23 heavy (non-hydrogen) atoms. The Balaban J connectivity index is 2.33. The summed E-state index contributed by atoms with van der Waals surface area (Å²) in [5.41, 5.74) is 0.809. The van der Waals surface area contributed by atoms with Crippen LogP contribution in [0.2, 0.25) is 0 Å². The van der Waals surface area contributed by atoms with E-state index in [0.717, 1.165) is 12.1 Å². The largest absolute Gasteiger partial charge is 0.490 e. The number of nitrogens with zero attached hydrogens (tertiary/aromatic N) is 1. The molecular weight excluding hydrogens is 294 g/mol. The van der Waals surface area contributed by atoms with Crippen molar-refractivity contribution in [2.45, 2.75) is 34.1 Å². The molecule has 0 saturated carbocycles. The summed E-state index contributed by atoms with van der Waals surface area (Å²) >= 11 is 0. The van der Waals surface area contributed by atoms with Gasteiger partial charge in [0.25, 0.3) is 0 Å². The second-order valence-corrected chi connectivity index (χ2v) is 6.30. The molecule has 0 fully saturated rings. The van der Waals surface area contributed by atoms with Crippen molar-refractivity contribution in [3.63, 3.8) is 0 Å². The number of amides is 3. The molecule has 0 aliphatic carbocycles. The van der Waals surface area contributed by atoms with Gasteiger partial charge in [-0.15, -0.1) is 0 Å². The Morgan fingerprint density at radius 2 is 2.09 bits per heavy atom. The van der Waals surface area contributed by atoms with E-state index in [4.69, 9.17) is 4.74 Å². The van der Waals surface area contributed by atoms with Crippen LogP contribution in [0.4, 0.5) is 16.2 Å². The van der Waals surface area contributed by atoms with Gasteiger partial charge in [-0.2, -0.15) is 0 Å². The van der Waals surface area contributed by atoms with E-state index in [1.807, 2.05) is 33.8 Å². The van der Waals surface area contributed by atoms with Gasteiger partial charge in [0.2, 0.25) is 5.91 Å². The number of nitrogens with one attached hydrogen (secondary N) is 2. The van der Waals surface area contributed by atoms with E-state index in [0.29, 0.717) is 31.1 Å².